The Morgan fingerprint density at radius 3 is 2.88 bits per heavy atom. The molecule has 1 amide bonds. The lowest BCUT2D eigenvalue weighted by molar-refractivity contribution is -0.124. The molecule has 0 bridgehead atoms. The molecule has 128 valence electrons. The summed E-state index contributed by atoms with van der Waals surface area (Å²) in [7, 11) is 0. The first kappa shape index (κ1) is 16.6. The summed E-state index contributed by atoms with van der Waals surface area (Å²) < 4.78 is 7.08. The van der Waals surface area contributed by atoms with E-state index in [2.05, 4.69) is 20.8 Å². The molecular formula is C17H23N5O2. The highest BCUT2D eigenvalue weighted by Crippen LogP contribution is 2.28. The Morgan fingerprint density at radius 1 is 1.33 bits per heavy atom. The van der Waals surface area contributed by atoms with Gasteiger partial charge in [-0.05, 0) is 41.2 Å². The van der Waals surface area contributed by atoms with E-state index in [0.29, 0.717) is 19.6 Å². The van der Waals surface area contributed by atoms with Gasteiger partial charge in [0.15, 0.2) is 0 Å². The van der Waals surface area contributed by atoms with Crippen molar-refractivity contribution < 1.29 is 9.53 Å². The number of aromatic nitrogens is 4. The van der Waals surface area contributed by atoms with E-state index in [1.54, 1.807) is 0 Å². The zero-order chi connectivity index (χ0) is 16.6. The fraction of sp³-hybridized carbons (Fsp3) is 0.529. The predicted octanol–water partition coefficient (Wildman–Crippen LogP) is 1.39. The van der Waals surface area contributed by atoms with Crippen LogP contribution in [0.2, 0.25) is 0 Å². The van der Waals surface area contributed by atoms with Crippen molar-refractivity contribution in [3.8, 4) is 0 Å². The summed E-state index contributed by atoms with van der Waals surface area (Å²) in [6, 6.07) is 9.42. The van der Waals surface area contributed by atoms with Crippen molar-refractivity contribution in [2.24, 2.45) is 5.92 Å². The summed E-state index contributed by atoms with van der Waals surface area (Å²) in [4.78, 5) is 12.5. The van der Waals surface area contributed by atoms with Gasteiger partial charge in [0.25, 0.3) is 0 Å². The fourth-order valence-electron chi connectivity index (χ4n) is 2.49. The van der Waals surface area contributed by atoms with Crippen molar-refractivity contribution >= 4 is 5.91 Å². The molecule has 0 aliphatic heterocycles. The minimum atomic E-state index is -0.449. The molecule has 1 aromatic heterocycles. The first-order valence-corrected chi connectivity index (χ1v) is 8.45. The van der Waals surface area contributed by atoms with Gasteiger partial charge in [-0.1, -0.05) is 30.3 Å². The number of hydrogen-bond acceptors (Lipinski definition) is 5. The largest absolute Gasteiger partial charge is 0.381 e. The SMILES string of the molecule is O=C(NCCCOCC1CC1)C(Cc1ccccc1)n1cnnn1. The van der Waals surface area contributed by atoms with E-state index in [0.717, 1.165) is 24.5 Å². The first-order valence-electron chi connectivity index (χ1n) is 8.45. The summed E-state index contributed by atoms with van der Waals surface area (Å²) >= 11 is 0. The second-order valence-corrected chi connectivity index (χ2v) is 6.16. The summed E-state index contributed by atoms with van der Waals surface area (Å²) in [6.07, 6.45) is 5.43. The number of nitrogens with one attached hydrogen (secondary N) is 1. The maximum Gasteiger partial charge on any atom is 0.245 e. The lowest BCUT2D eigenvalue weighted by Gasteiger charge is -2.16. The molecule has 1 N–H and O–H groups in total. The molecule has 24 heavy (non-hydrogen) atoms. The number of rotatable bonds is 10. The first-order chi connectivity index (χ1) is 11.8. The highest BCUT2D eigenvalue weighted by molar-refractivity contribution is 5.80. The Labute approximate surface area is 141 Å². The van der Waals surface area contributed by atoms with Crippen LogP contribution in [0.5, 0.6) is 0 Å². The van der Waals surface area contributed by atoms with Gasteiger partial charge in [0, 0.05) is 26.2 Å². The van der Waals surface area contributed by atoms with Crippen LogP contribution in [0.1, 0.15) is 30.9 Å². The number of nitrogens with zero attached hydrogens (tertiary/aromatic N) is 4. The van der Waals surface area contributed by atoms with Crippen molar-refractivity contribution in [3.63, 3.8) is 0 Å². The van der Waals surface area contributed by atoms with Crippen molar-refractivity contribution in [3.05, 3.63) is 42.2 Å². The Bertz CT molecular complexity index is 613. The minimum Gasteiger partial charge on any atom is -0.381 e. The van der Waals surface area contributed by atoms with Crippen molar-refractivity contribution in [1.82, 2.24) is 25.5 Å². The number of tetrazole rings is 1. The van der Waals surface area contributed by atoms with Crippen molar-refractivity contribution in [1.29, 1.82) is 0 Å². The lowest BCUT2D eigenvalue weighted by atomic mass is 10.1. The van der Waals surface area contributed by atoms with Gasteiger partial charge in [-0.2, -0.15) is 0 Å². The van der Waals surface area contributed by atoms with Gasteiger partial charge in [0.05, 0.1) is 0 Å². The Hall–Kier alpha value is -2.28. The van der Waals surface area contributed by atoms with Crippen LogP contribution in [-0.4, -0.2) is 45.9 Å². The highest BCUT2D eigenvalue weighted by Gasteiger charge is 2.22. The fourth-order valence-corrected chi connectivity index (χ4v) is 2.49. The zero-order valence-electron chi connectivity index (χ0n) is 13.7. The van der Waals surface area contributed by atoms with Gasteiger partial charge in [0.1, 0.15) is 12.4 Å². The molecule has 0 saturated heterocycles. The summed E-state index contributed by atoms with van der Waals surface area (Å²) in [6.45, 7) is 2.14. The molecule has 1 aliphatic carbocycles. The molecule has 0 radical (unpaired) electrons. The molecule has 1 aliphatic rings. The van der Waals surface area contributed by atoms with E-state index in [1.807, 2.05) is 30.3 Å². The minimum absolute atomic E-state index is 0.0756. The monoisotopic (exact) mass is 329 g/mol. The molecule has 1 fully saturated rings. The Kier molecular flexibility index (Phi) is 5.90. The van der Waals surface area contributed by atoms with Crippen LogP contribution in [0.15, 0.2) is 36.7 Å². The Morgan fingerprint density at radius 2 is 2.17 bits per heavy atom. The zero-order valence-corrected chi connectivity index (χ0v) is 13.7. The van der Waals surface area contributed by atoms with Crippen LogP contribution in [-0.2, 0) is 16.0 Å². The second-order valence-electron chi connectivity index (χ2n) is 6.16. The van der Waals surface area contributed by atoms with E-state index < -0.39 is 6.04 Å². The molecule has 2 aromatic rings. The van der Waals surface area contributed by atoms with Gasteiger partial charge in [-0.15, -0.1) is 5.10 Å². The molecule has 1 saturated carbocycles. The number of amides is 1. The second kappa shape index (κ2) is 8.54. The molecule has 1 unspecified atom stereocenters. The van der Waals surface area contributed by atoms with Crippen molar-refractivity contribution in [2.75, 3.05) is 19.8 Å². The smallest absolute Gasteiger partial charge is 0.245 e. The molecule has 1 heterocycles. The topological polar surface area (TPSA) is 81.9 Å². The third-order valence-electron chi connectivity index (χ3n) is 4.07. The highest BCUT2D eigenvalue weighted by atomic mass is 16.5. The van der Waals surface area contributed by atoms with Gasteiger partial charge in [0.2, 0.25) is 5.91 Å². The molecule has 1 aromatic carbocycles. The average molecular weight is 329 g/mol. The molecule has 7 heteroatoms. The van der Waals surface area contributed by atoms with Crippen LogP contribution >= 0.6 is 0 Å². The lowest BCUT2D eigenvalue weighted by Crippen LogP contribution is -2.35. The van der Waals surface area contributed by atoms with Crippen LogP contribution in [0.4, 0.5) is 0 Å². The number of carbonyl (C=O) groups excluding carboxylic acids is 1. The molecule has 1 atom stereocenters. The molecule has 3 rings (SSSR count). The number of ether oxygens (including phenoxy) is 1. The molecule has 0 spiro atoms. The third-order valence-corrected chi connectivity index (χ3v) is 4.07. The maximum atomic E-state index is 12.5. The summed E-state index contributed by atoms with van der Waals surface area (Å²) in [5.74, 6) is 0.697. The third kappa shape index (κ3) is 5.13. The summed E-state index contributed by atoms with van der Waals surface area (Å²) in [5, 5.41) is 14.1. The van der Waals surface area contributed by atoms with Gasteiger partial charge in [-0.3, -0.25) is 4.79 Å². The van der Waals surface area contributed by atoms with Crippen LogP contribution in [0.25, 0.3) is 0 Å². The van der Waals surface area contributed by atoms with E-state index >= 15 is 0 Å². The van der Waals surface area contributed by atoms with E-state index in [1.165, 1.54) is 23.9 Å². The normalized spacial score (nSPS) is 15.2. The number of benzene rings is 1. The number of carbonyl (C=O) groups is 1. The molecular weight excluding hydrogens is 306 g/mol. The quantitative estimate of drug-likeness (QED) is 0.666. The van der Waals surface area contributed by atoms with Crippen molar-refractivity contribution in [2.45, 2.75) is 31.7 Å². The van der Waals surface area contributed by atoms with E-state index in [-0.39, 0.29) is 5.91 Å². The van der Waals surface area contributed by atoms with Crippen LogP contribution in [0.3, 0.4) is 0 Å². The average Bonchev–Trinajstić information content (AvgIpc) is 3.28. The van der Waals surface area contributed by atoms with Gasteiger partial charge < -0.3 is 10.1 Å². The predicted molar refractivity (Wildman–Crippen MR) is 88.2 cm³/mol. The number of hydrogen-bond donors (Lipinski definition) is 1. The standard InChI is InChI=1S/C17H23N5O2/c23-17(18-9-4-10-24-12-15-7-8-15)16(22-13-19-20-21-22)11-14-5-2-1-3-6-14/h1-3,5-6,13,15-16H,4,7-12H2,(H,18,23). The molecule has 7 nitrogen and oxygen atoms in total. The van der Waals surface area contributed by atoms with Crippen LogP contribution < -0.4 is 5.32 Å². The van der Waals surface area contributed by atoms with E-state index in [9.17, 15) is 4.79 Å². The summed E-state index contributed by atoms with van der Waals surface area (Å²) in [5.41, 5.74) is 1.07. The van der Waals surface area contributed by atoms with E-state index in [4.69, 9.17) is 4.74 Å². The maximum absolute atomic E-state index is 12.5. The van der Waals surface area contributed by atoms with Gasteiger partial charge in [-0.25, -0.2) is 4.68 Å². The van der Waals surface area contributed by atoms with Gasteiger partial charge >= 0.3 is 0 Å². The van der Waals surface area contributed by atoms with Crippen LogP contribution in [0, 0.1) is 5.92 Å². The Balaban J connectivity index is 1.47.